The Morgan fingerprint density at radius 1 is 1.08 bits per heavy atom. The first-order chi connectivity index (χ1) is 17.3. The van der Waals surface area contributed by atoms with Gasteiger partial charge in [-0.15, -0.1) is 11.3 Å². The summed E-state index contributed by atoms with van der Waals surface area (Å²) in [6.45, 7) is 13.2. The lowest BCUT2D eigenvalue weighted by atomic mass is 9.90. The van der Waals surface area contributed by atoms with Crippen molar-refractivity contribution in [3.05, 3.63) is 64.3 Å². The van der Waals surface area contributed by atoms with Gasteiger partial charge in [0.05, 0.1) is 6.42 Å². The zero-order valence-electron chi connectivity index (χ0n) is 22.4. The fraction of sp³-hybridized carbons (Fsp3) is 0.433. The van der Waals surface area contributed by atoms with Gasteiger partial charge in [0.15, 0.2) is 0 Å². The largest absolute Gasteiger partial charge is 0.460 e. The Kier molecular flexibility index (Phi) is 7.82. The molecule has 0 bridgehead atoms. The maximum Gasteiger partial charge on any atom is 0.306 e. The van der Waals surface area contributed by atoms with Gasteiger partial charge < -0.3 is 9.64 Å². The molecule has 0 radical (unpaired) electrons. The lowest BCUT2D eigenvalue weighted by Crippen LogP contribution is -2.30. The molecule has 0 aliphatic carbocycles. The zero-order chi connectivity index (χ0) is 27.0. The number of esters is 1. The third kappa shape index (κ3) is 6.79. The van der Waals surface area contributed by atoms with Crippen LogP contribution in [0.15, 0.2) is 48.0 Å². The van der Waals surface area contributed by atoms with Gasteiger partial charge in [-0.05, 0) is 79.9 Å². The van der Waals surface area contributed by atoms with Gasteiger partial charge in [-0.1, -0.05) is 38.4 Å². The van der Waals surface area contributed by atoms with Crippen molar-refractivity contribution < 1.29 is 14.3 Å². The van der Waals surface area contributed by atoms with Crippen LogP contribution in [-0.4, -0.2) is 40.5 Å². The van der Waals surface area contributed by atoms with E-state index in [1.165, 1.54) is 0 Å². The van der Waals surface area contributed by atoms with Crippen LogP contribution in [0.4, 0.5) is 0 Å². The second kappa shape index (κ2) is 10.6. The molecule has 7 heteroatoms. The van der Waals surface area contributed by atoms with Gasteiger partial charge in [-0.2, -0.15) is 0 Å². The van der Waals surface area contributed by atoms with E-state index < -0.39 is 5.60 Å². The molecule has 1 fully saturated rings. The molecule has 0 saturated carbocycles. The van der Waals surface area contributed by atoms with E-state index >= 15 is 0 Å². The topological polar surface area (TPSA) is 59.5 Å². The highest BCUT2D eigenvalue weighted by Crippen LogP contribution is 2.37. The lowest BCUT2D eigenvalue weighted by molar-refractivity contribution is -0.155. The van der Waals surface area contributed by atoms with E-state index in [-0.39, 0.29) is 23.2 Å². The van der Waals surface area contributed by atoms with Crippen molar-refractivity contribution in [1.29, 1.82) is 0 Å². The number of likely N-dealkylation sites (tertiary alicyclic amines) is 1. The van der Waals surface area contributed by atoms with E-state index in [1.54, 1.807) is 22.3 Å². The van der Waals surface area contributed by atoms with Gasteiger partial charge >= 0.3 is 5.97 Å². The number of hydrogen-bond donors (Lipinski definition) is 0. The maximum atomic E-state index is 13.2. The summed E-state index contributed by atoms with van der Waals surface area (Å²) in [6, 6.07) is 11.8. The van der Waals surface area contributed by atoms with Gasteiger partial charge in [0.1, 0.15) is 5.60 Å². The summed E-state index contributed by atoms with van der Waals surface area (Å²) in [6.07, 6.45) is 2.98. The van der Waals surface area contributed by atoms with E-state index in [0.29, 0.717) is 30.1 Å². The Morgan fingerprint density at radius 3 is 2.51 bits per heavy atom. The van der Waals surface area contributed by atoms with Crippen molar-refractivity contribution in [3.63, 3.8) is 0 Å². The molecule has 3 heterocycles. The minimum absolute atomic E-state index is 0.0210. The van der Waals surface area contributed by atoms with E-state index in [0.717, 1.165) is 33.7 Å². The Balaban J connectivity index is 1.44. The van der Waals surface area contributed by atoms with Gasteiger partial charge in [-0.3, -0.25) is 14.6 Å². The van der Waals surface area contributed by atoms with E-state index in [2.05, 4.69) is 43.3 Å². The van der Waals surface area contributed by atoms with Gasteiger partial charge in [0.2, 0.25) is 0 Å². The molecule has 4 rings (SSSR count). The summed E-state index contributed by atoms with van der Waals surface area (Å²) < 4.78 is 5.44. The predicted octanol–water partition coefficient (Wildman–Crippen LogP) is 7.62. The van der Waals surface area contributed by atoms with Gasteiger partial charge in [0.25, 0.3) is 5.91 Å². The third-order valence-electron chi connectivity index (χ3n) is 6.39. The molecular weight excluding hydrogens is 504 g/mol. The molecule has 0 N–H and O–H groups in total. The smallest absolute Gasteiger partial charge is 0.306 e. The van der Waals surface area contributed by atoms with Crippen LogP contribution in [0, 0.1) is 5.92 Å². The summed E-state index contributed by atoms with van der Waals surface area (Å²) >= 11 is 8.34. The Hall–Kier alpha value is -2.70. The van der Waals surface area contributed by atoms with Crippen LogP contribution < -0.4 is 0 Å². The molecule has 1 aromatic carbocycles. The molecule has 1 aliphatic heterocycles. The quantitative estimate of drug-likeness (QED) is 0.313. The summed E-state index contributed by atoms with van der Waals surface area (Å²) in [5.74, 6) is -0.155. The number of carbonyl (C=O) groups is 2. The van der Waals surface area contributed by atoms with Crippen LogP contribution in [0.2, 0.25) is 5.02 Å². The molecule has 1 atom stereocenters. The van der Waals surface area contributed by atoms with Crippen LogP contribution in [0.3, 0.4) is 0 Å². The van der Waals surface area contributed by atoms with Crippen molar-refractivity contribution in [2.75, 3.05) is 13.1 Å². The van der Waals surface area contributed by atoms with Crippen LogP contribution in [0.25, 0.3) is 21.6 Å². The number of thiophene rings is 1. The Morgan fingerprint density at radius 2 is 1.84 bits per heavy atom. The zero-order valence-corrected chi connectivity index (χ0v) is 24.0. The number of carbonyl (C=O) groups excluding carboxylic acids is 2. The number of amides is 1. The Labute approximate surface area is 228 Å². The number of ether oxygens (including phenoxy) is 1. The van der Waals surface area contributed by atoms with Crippen molar-refractivity contribution in [1.82, 2.24) is 9.88 Å². The molecule has 37 heavy (non-hydrogen) atoms. The molecule has 196 valence electrons. The van der Waals surface area contributed by atoms with Crippen molar-refractivity contribution in [2.24, 2.45) is 5.92 Å². The highest BCUT2D eigenvalue weighted by Gasteiger charge is 2.30. The minimum Gasteiger partial charge on any atom is -0.460 e. The fourth-order valence-electron chi connectivity index (χ4n) is 4.49. The number of benzene rings is 1. The first-order valence-corrected chi connectivity index (χ1v) is 13.9. The highest BCUT2D eigenvalue weighted by atomic mass is 35.5. The van der Waals surface area contributed by atoms with Crippen LogP contribution in [0.5, 0.6) is 0 Å². The number of pyridine rings is 1. The van der Waals surface area contributed by atoms with Gasteiger partial charge in [0, 0.05) is 51.4 Å². The summed E-state index contributed by atoms with van der Waals surface area (Å²) in [5.41, 5.74) is 4.15. The summed E-state index contributed by atoms with van der Waals surface area (Å²) in [7, 11) is 0. The van der Waals surface area contributed by atoms with Crippen LogP contribution in [0.1, 0.15) is 70.4 Å². The van der Waals surface area contributed by atoms with Crippen molar-refractivity contribution >= 4 is 34.8 Å². The fourth-order valence-corrected chi connectivity index (χ4v) is 5.69. The lowest BCUT2D eigenvalue weighted by Gasteiger charge is -2.21. The number of rotatable bonds is 5. The van der Waals surface area contributed by atoms with Crippen molar-refractivity contribution in [2.45, 2.75) is 65.4 Å². The summed E-state index contributed by atoms with van der Waals surface area (Å²) in [5, 5.41) is 2.64. The number of aromatic nitrogens is 1. The minimum atomic E-state index is -0.499. The molecule has 3 aromatic rings. The standard InChI is InChI=1S/C30H35ClN2O3S/c1-29(2,3)26-16-20(9-11-32-26)25-15-22(18-37-25)23-8-7-21(14-24(23)31)28(35)33-12-10-19(17-33)13-27(34)36-30(4,5)6/h7-9,11,14-16,18-19H,10,12-13,17H2,1-6H3. The second-order valence-electron chi connectivity index (χ2n) is 11.8. The number of nitrogens with zero attached hydrogens (tertiary/aromatic N) is 2. The number of halogens is 1. The molecule has 5 nitrogen and oxygen atoms in total. The molecule has 2 aromatic heterocycles. The molecule has 1 aliphatic rings. The molecule has 1 saturated heterocycles. The van der Waals surface area contributed by atoms with Gasteiger partial charge in [-0.25, -0.2) is 0 Å². The summed E-state index contributed by atoms with van der Waals surface area (Å²) in [4.78, 5) is 32.8. The van der Waals surface area contributed by atoms with Crippen LogP contribution in [-0.2, 0) is 14.9 Å². The Bertz CT molecular complexity index is 1300. The first-order valence-electron chi connectivity index (χ1n) is 12.7. The molecule has 1 amide bonds. The van der Waals surface area contributed by atoms with Crippen molar-refractivity contribution in [3.8, 4) is 21.6 Å². The molecule has 1 unspecified atom stereocenters. The third-order valence-corrected chi connectivity index (χ3v) is 7.68. The molecule has 0 spiro atoms. The second-order valence-corrected chi connectivity index (χ2v) is 13.1. The van der Waals surface area contributed by atoms with Crippen LogP contribution >= 0.6 is 22.9 Å². The maximum absolute atomic E-state index is 13.2. The first kappa shape index (κ1) is 27.3. The average Bonchev–Trinajstić information content (AvgIpc) is 3.47. The normalized spacial score (nSPS) is 16.2. The monoisotopic (exact) mass is 538 g/mol. The SMILES string of the molecule is CC(C)(C)OC(=O)CC1CCN(C(=O)c2ccc(-c3csc(-c4ccnc(C(C)(C)C)c4)c3)c(Cl)c2)C1. The predicted molar refractivity (Wildman–Crippen MR) is 151 cm³/mol. The number of hydrogen-bond acceptors (Lipinski definition) is 5. The highest BCUT2D eigenvalue weighted by molar-refractivity contribution is 7.14. The van der Waals surface area contributed by atoms with E-state index in [9.17, 15) is 9.59 Å². The van der Waals surface area contributed by atoms with E-state index in [4.69, 9.17) is 16.3 Å². The average molecular weight is 539 g/mol. The molecular formula is C30H35ClN2O3S. The van der Waals surface area contributed by atoms with E-state index in [1.807, 2.05) is 45.2 Å².